The summed E-state index contributed by atoms with van der Waals surface area (Å²) in [6.07, 6.45) is 6.61. The van der Waals surface area contributed by atoms with E-state index < -0.39 is 0 Å². The molecule has 2 heterocycles. The number of carbonyl (C=O) groups is 1. The maximum atomic E-state index is 10.9. The van der Waals surface area contributed by atoms with Gasteiger partial charge in [0.1, 0.15) is 6.10 Å². The van der Waals surface area contributed by atoms with Gasteiger partial charge in [-0.25, -0.2) is 4.79 Å². The molecule has 0 bridgehead atoms. The van der Waals surface area contributed by atoms with Gasteiger partial charge < -0.3 is 15.4 Å². The van der Waals surface area contributed by atoms with E-state index in [0.29, 0.717) is 12.2 Å². The Labute approximate surface area is 70.0 Å². The predicted molar refractivity (Wildman–Crippen MR) is 42.1 cm³/mol. The van der Waals surface area contributed by atoms with E-state index >= 15 is 0 Å². The number of urea groups is 1. The summed E-state index contributed by atoms with van der Waals surface area (Å²) in [7, 11) is 0. The molecule has 0 saturated carbocycles. The zero-order chi connectivity index (χ0) is 8.55. The minimum Gasteiger partial charge on any atom is -0.368 e. The van der Waals surface area contributed by atoms with Crippen LogP contribution in [0.3, 0.4) is 0 Å². The molecule has 2 aliphatic rings. The highest BCUT2D eigenvalue weighted by molar-refractivity contribution is 5.76. The quantitative estimate of drug-likeness (QED) is 0.478. The molecule has 0 spiro atoms. The van der Waals surface area contributed by atoms with Crippen molar-refractivity contribution in [1.29, 1.82) is 0 Å². The topological polar surface area (TPSA) is 50.4 Å². The monoisotopic (exact) mass is 164 g/mol. The smallest absolute Gasteiger partial charge is 0.319 e. The minimum absolute atomic E-state index is 0.0369. The molecule has 2 rings (SSSR count). The average Bonchev–Trinajstić information content (AvgIpc) is 2.13. The summed E-state index contributed by atoms with van der Waals surface area (Å²) in [6, 6.07) is -0.187. The van der Waals surface area contributed by atoms with Gasteiger partial charge in [-0.15, -0.1) is 6.42 Å². The third kappa shape index (κ3) is 0.953. The van der Waals surface area contributed by atoms with Crippen molar-refractivity contribution < 1.29 is 9.53 Å². The summed E-state index contributed by atoms with van der Waals surface area (Å²) in [5.41, 5.74) is 0.685. The molecule has 0 aromatic heterocycles. The van der Waals surface area contributed by atoms with E-state index in [4.69, 9.17) is 11.2 Å². The molecule has 0 aromatic rings. The van der Waals surface area contributed by atoms with Crippen molar-refractivity contribution in [2.45, 2.75) is 12.1 Å². The van der Waals surface area contributed by atoms with E-state index in [1.165, 1.54) is 6.20 Å². The Bertz CT molecular complexity index is 290. The van der Waals surface area contributed by atoms with Crippen molar-refractivity contribution >= 4 is 6.03 Å². The summed E-state index contributed by atoms with van der Waals surface area (Å²) < 4.78 is 5.20. The third-order valence-corrected chi connectivity index (χ3v) is 1.97. The van der Waals surface area contributed by atoms with Crippen LogP contribution in [-0.4, -0.2) is 24.8 Å². The maximum Gasteiger partial charge on any atom is 0.319 e. The van der Waals surface area contributed by atoms with Gasteiger partial charge in [-0.3, -0.25) is 0 Å². The standard InChI is InChI=1S/C8H8N2O2/c1-2-5-3-9-8(11)10-6-4-12-7(5)6/h1,3,6-7H,4H2,(H2,9,10,11). The van der Waals surface area contributed by atoms with E-state index in [1.807, 2.05) is 0 Å². The van der Waals surface area contributed by atoms with Crippen molar-refractivity contribution in [3.8, 4) is 12.3 Å². The highest BCUT2D eigenvalue weighted by Gasteiger charge is 2.37. The van der Waals surface area contributed by atoms with Gasteiger partial charge in [0.05, 0.1) is 12.6 Å². The van der Waals surface area contributed by atoms with Crippen molar-refractivity contribution in [2.24, 2.45) is 0 Å². The number of rotatable bonds is 0. The fraction of sp³-hybridized carbons (Fsp3) is 0.375. The fourth-order valence-electron chi connectivity index (χ4n) is 1.27. The van der Waals surface area contributed by atoms with Crippen LogP contribution >= 0.6 is 0 Å². The molecule has 2 amide bonds. The molecule has 0 radical (unpaired) electrons. The molecular formula is C8H8N2O2. The maximum absolute atomic E-state index is 10.9. The van der Waals surface area contributed by atoms with Crippen LogP contribution in [0.1, 0.15) is 0 Å². The second-order valence-electron chi connectivity index (χ2n) is 2.72. The third-order valence-electron chi connectivity index (χ3n) is 1.97. The largest absolute Gasteiger partial charge is 0.368 e. The Kier molecular flexibility index (Phi) is 1.52. The average molecular weight is 164 g/mol. The zero-order valence-electron chi connectivity index (χ0n) is 6.33. The van der Waals surface area contributed by atoms with Crippen molar-refractivity contribution in [3.63, 3.8) is 0 Å². The SMILES string of the molecule is C#CC1=CNC(=O)NC2COC12. The second kappa shape index (κ2) is 2.54. The Hall–Kier alpha value is -1.47. The highest BCUT2D eigenvalue weighted by Crippen LogP contribution is 2.21. The van der Waals surface area contributed by atoms with Gasteiger partial charge in [-0.2, -0.15) is 0 Å². The van der Waals surface area contributed by atoms with Crippen LogP contribution in [-0.2, 0) is 4.74 Å². The van der Waals surface area contributed by atoms with Gasteiger partial charge >= 0.3 is 6.03 Å². The number of ether oxygens (including phenoxy) is 1. The first-order valence-electron chi connectivity index (χ1n) is 3.66. The molecule has 2 unspecified atom stereocenters. The van der Waals surface area contributed by atoms with E-state index in [1.54, 1.807) is 0 Å². The Balaban J connectivity index is 2.22. The fourth-order valence-corrected chi connectivity index (χ4v) is 1.27. The molecule has 2 N–H and O–H groups in total. The van der Waals surface area contributed by atoms with Crippen LogP contribution in [0.25, 0.3) is 0 Å². The van der Waals surface area contributed by atoms with Crippen LogP contribution in [0, 0.1) is 12.3 Å². The predicted octanol–water partition coefficient (Wildman–Crippen LogP) is -0.416. The molecule has 4 heteroatoms. The van der Waals surface area contributed by atoms with Gasteiger partial charge in [0.15, 0.2) is 0 Å². The lowest BCUT2D eigenvalue weighted by atomic mass is 10.0. The van der Waals surface area contributed by atoms with Crippen molar-refractivity contribution in [2.75, 3.05) is 6.61 Å². The summed E-state index contributed by atoms with van der Waals surface area (Å²) in [5.74, 6) is 2.48. The normalized spacial score (nSPS) is 32.6. The van der Waals surface area contributed by atoms with Crippen molar-refractivity contribution in [1.82, 2.24) is 10.6 Å². The molecule has 12 heavy (non-hydrogen) atoms. The summed E-state index contributed by atoms with van der Waals surface area (Å²) in [4.78, 5) is 10.9. The summed E-state index contributed by atoms with van der Waals surface area (Å²) in [5, 5.41) is 5.23. The molecule has 4 nitrogen and oxygen atoms in total. The van der Waals surface area contributed by atoms with Crippen LogP contribution in [0.2, 0.25) is 0 Å². The minimum atomic E-state index is -0.224. The van der Waals surface area contributed by atoms with Gasteiger partial charge in [-0.05, 0) is 0 Å². The summed E-state index contributed by atoms with van der Waals surface area (Å²) >= 11 is 0. The van der Waals surface area contributed by atoms with Gasteiger partial charge in [0.25, 0.3) is 0 Å². The number of nitrogens with one attached hydrogen (secondary N) is 2. The lowest BCUT2D eigenvalue weighted by molar-refractivity contribution is -0.0553. The Morgan fingerprint density at radius 3 is 3.17 bits per heavy atom. The summed E-state index contributed by atoms with van der Waals surface area (Å²) in [6.45, 7) is 0.539. The zero-order valence-corrected chi connectivity index (χ0v) is 6.33. The van der Waals surface area contributed by atoms with Gasteiger partial charge in [0.2, 0.25) is 0 Å². The lowest BCUT2D eigenvalue weighted by Crippen LogP contribution is -2.56. The first-order valence-corrected chi connectivity index (χ1v) is 3.66. The number of carbonyl (C=O) groups excluding carboxylic acids is 1. The number of hydrogen-bond donors (Lipinski definition) is 2. The van der Waals surface area contributed by atoms with Crippen LogP contribution in [0.4, 0.5) is 4.79 Å². The van der Waals surface area contributed by atoms with E-state index in [-0.39, 0.29) is 18.2 Å². The van der Waals surface area contributed by atoms with E-state index in [0.717, 1.165) is 0 Å². The van der Waals surface area contributed by atoms with Crippen LogP contribution in [0.15, 0.2) is 11.8 Å². The number of terminal acetylenes is 1. The molecular weight excluding hydrogens is 156 g/mol. The molecule has 2 aliphatic heterocycles. The molecule has 1 fully saturated rings. The molecule has 62 valence electrons. The first-order chi connectivity index (χ1) is 5.81. The molecule has 0 aromatic carbocycles. The van der Waals surface area contributed by atoms with E-state index in [9.17, 15) is 4.79 Å². The molecule has 2 atom stereocenters. The van der Waals surface area contributed by atoms with E-state index in [2.05, 4.69) is 16.6 Å². The number of amides is 2. The highest BCUT2D eigenvalue weighted by atomic mass is 16.5. The van der Waals surface area contributed by atoms with Gasteiger partial charge in [0, 0.05) is 11.8 Å². The molecule has 0 aliphatic carbocycles. The molecule has 1 saturated heterocycles. The number of fused-ring (bicyclic) bond motifs is 1. The lowest BCUT2D eigenvalue weighted by Gasteiger charge is -2.35. The van der Waals surface area contributed by atoms with Crippen LogP contribution in [0.5, 0.6) is 0 Å². The number of hydrogen-bond acceptors (Lipinski definition) is 2. The Morgan fingerprint density at radius 2 is 2.58 bits per heavy atom. The Morgan fingerprint density at radius 1 is 1.75 bits per heavy atom. The van der Waals surface area contributed by atoms with Gasteiger partial charge in [-0.1, -0.05) is 5.92 Å². The van der Waals surface area contributed by atoms with Crippen LogP contribution < -0.4 is 10.6 Å². The second-order valence-corrected chi connectivity index (χ2v) is 2.72. The first kappa shape index (κ1) is 7.19. The van der Waals surface area contributed by atoms with Crippen molar-refractivity contribution in [3.05, 3.63) is 11.8 Å².